The number of rotatable bonds is 9. The highest BCUT2D eigenvalue weighted by molar-refractivity contribution is 7.99. The molecule has 128 valence electrons. The van der Waals surface area contributed by atoms with Crippen molar-refractivity contribution in [2.75, 3.05) is 19.4 Å². The SMILES string of the molecule is COc1ccc(CCCNC(=O)CCSc2ccc(Cl)cc2)cc1. The van der Waals surface area contributed by atoms with Crippen molar-refractivity contribution in [1.29, 1.82) is 0 Å². The average molecular weight is 364 g/mol. The number of amides is 1. The Morgan fingerprint density at radius 2 is 1.83 bits per heavy atom. The Morgan fingerprint density at radius 1 is 1.12 bits per heavy atom. The summed E-state index contributed by atoms with van der Waals surface area (Å²) in [6, 6.07) is 15.7. The third-order valence-electron chi connectivity index (χ3n) is 3.53. The van der Waals surface area contributed by atoms with Gasteiger partial charge >= 0.3 is 0 Å². The van der Waals surface area contributed by atoms with Gasteiger partial charge in [-0.15, -0.1) is 11.8 Å². The second-order valence-electron chi connectivity index (χ2n) is 5.35. The minimum absolute atomic E-state index is 0.103. The number of hydrogen-bond donors (Lipinski definition) is 1. The fraction of sp³-hybridized carbons (Fsp3) is 0.316. The molecule has 0 bridgehead atoms. The Kier molecular flexibility index (Phi) is 7.99. The normalized spacial score (nSPS) is 10.4. The first-order valence-corrected chi connectivity index (χ1v) is 9.32. The Labute approximate surface area is 152 Å². The van der Waals surface area contributed by atoms with E-state index in [0.29, 0.717) is 13.0 Å². The summed E-state index contributed by atoms with van der Waals surface area (Å²) in [5, 5.41) is 3.70. The third-order valence-corrected chi connectivity index (χ3v) is 4.80. The zero-order valence-corrected chi connectivity index (χ0v) is 15.3. The van der Waals surface area contributed by atoms with Gasteiger partial charge in [0, 0.05) is 28.6 Å². The van der Waals surface area contributed by atoms with Crippen molar-refractivity contribution in [2.45, 2.75) is 24.2 Å². The summed E-state index contributed by atoms with van der Waals surface area (Å²) in [4.78, 5) is 13.0. The van der Waals surface area contributed by atoms with Crippen molar-refractivity contribution in [3.8, 4) is 5.75 Å². The zero-order chi connectivity index (χ0) is 17.2. The van der Waals surface area contributed by atoms with Crippen LogP contribution in [0.25, 0.3) is 0 Å². The van der Waals surface area contributed by atoms with Gasteiger partial charge in [0.1, 0.15) is 5.75 Å². The number of carbonyl (C=O) groups is 1. The van der Waals surface area contributed by atoms with Gasteiger partial charge in [-0.05, 0) is 54.8 Å². The van der Waals surface area contributed by atoms with Crippen molar-refractivity contribution < 1.29 is 9.53 Å². The summed E-state index contributed by atoms with van der Waals surface area (Å²) in [6.07, 6.45) is 2.40. The Balaban J connectivity index is 1.56. The first-order chi connectivity index (χ1) is 11.7. The number of benzene rings is 2. The lowest BCUT2D eigenvalue weighted by molar-refractivity contribution is -0.120. The summed E-state index contributed by atoms with van der Waals surface area (Å²) in [5.41, 5.74) is 1.25. The molecule has 1 N–H and O–H groups in total. The predicted molar refractivity (Wildman–Crippen MR) is 101 cm³/mol. The van der Waals surface area contributed by atoms with Gasteiger partial charge < -0.3 is 10.1 Å². The van der Waals surface area contributed by atoms with E-state index in [-0.39, 0.29) is 5.91 Å². The topological polar surface area (TPSA) is 38.3 Å². The number of nitrogens with one attached hydrogen (secondary N) is 1. The van der Waals surface area contributed by atoms with Crippen LogP contribution in [0.15, 0.2) is 53.4 Å². The molecule has 0 aromatic heterocycles. The molecule has 3 nitrogen and oxygen atoms in total. The lowest BCUT2D eigenvalue weighted by Crippen LogP contribution is -2.24. The van der Waals surface area contributed by atoms with Crippen molar-refractivity contribution in [1.82, 2.24) is 5.32 Å². The highest BCUT2D eigenvalue weighted by atomic mass is 35.5. The standard InChI is InChI=1S/C19H22ClNO2S/c1-23-17-8-4-15(5-9-17)3-2-13-21-19(22)12-14-24-18-10-6-16(20)7-11-18/h4-11H,2-3,12-14H2,1H3,(H,21,22). The first-order valence-electron chi connectivity index (χ1n) is 7.95. The van der Waals surface area contributed by atoms with Gasteiger partial charge in [-0.25, -0.2) is 0 Å². The van der Waals surface area contributed by atoms with E-state index in [1.807, 2.05) is 36.4 Å². The van der Waals surface area contributed by atoms with Gasteiger partial charge in [-0.3, -0.25) is 4.79 Å². The number of hydrogen-bond acceptors (Lipinski definition) is 3. The van der Waals surface area contributed by atoms with E-state index in [2.05, 4.69) is 17.4 Å². The van der Waals surface area contributed by atoms with Gasteiger partial charge in [-0.1, -0.05) is 23.7 Å². The van der Waals surface area contributed by atoms with Crippen LogP contribution in [0.4, 0.5) is 0 Å². The van der Waals surface area contributed by atoms with Crippen molar-refractivity contribution in [3.05, 3.63) is 59.1 Å². The highest BCUT2D eigenvalue weighted by Crippen LogP contribution is 2.20. The lowest BCUT2D eigenvalue weighted by atomic mass is 10.1. The van der Waals surface area contributed by atoms with Crippen LogP contribution in [0.3, 0.4) is 0 Å². The van der Waals surface area contributed by atoms with E-state index in [1.54, 1.807) is 18.9 Å². The van der Waals surface area contributed by atoms with E-state index in [9.17, 15) is 4.79 Å². The molecule has 0 atom stereocenters. The smallest absolute Gasteiger partial charge is 0.220 e. The largest absolute Gasteiger partial charge is 0.497 e. The van der Waals surface area contributed by atoms with Crippen LogP contribution in [0.5, 0.6) is 5.75 Å². The Hall–Kier alpha value is -1.65. The molecule has 0 unspecified atom stereocenters. The van der Waals surface area contributed by atoms with Crippen LogP contribution in [0.2, 0.25) is 5.02 Å². The molecule has 0 radical (unpaired) electrons. The predicted octanol–water partition coefficient (Wildman–Crippen LogP) is 4.58. The number of aryl methyl sites for hydroxylation is 1. The lowest BCUT2D eigenvalue weighted by Gasteiger charge is -2.06. The maximum Gasteiger partial charge on any atom is 0.220 e. The van der Waals surface area contributed by atoms with Crippen molar-refractivity contribution in [2.24, 2.45) is 0 Å². The summed E-state index contributed by atoms with van der Waals surface area (Å²) >= 11 is 7.51. The number of halogens is 1. The van der Waals surface area contributed by atoms with Crippen molar-refractivity contribution in [3.63, 3.8) is 0 Å². The maximum absolute atomic E-state index is 11.8. The molecular formula is C19H22ClNO2S. The minimum Gasteiger partial charge on any atom is -0.497 e. The Morgan fingerprint density at radius 3 is 2.50 bits per heavy atom. The molecule has 0 aliphatic carbocycles. The fourth-order valence-corrected chi connectivity index (χ4v) is 3.17. The Bertz CT molecular complexity index is 629. The maximum atomic E-state index is 11.8. The minimum atomic E-state index is 0.103. The summed E-state index contributed by atoms with van der Waals surface area (Å²) < 4.78 is 5.14. The summed E-state index contributed by atoms with van der Waals surface area (Å²) in [6.45, 7) is 0.705. The summed E-state index contributed by atoms with van der Waals surface area (Å²) in [7, 11) is 1.66. The van der Waals surface area contributed by atoms with E-state index >= 15 is 0 Å². The van der Waals surface area contributed by atoms with Crippen LogP contribution < -0.4 is 10.1 Å². The van der Waals surface area contributed by atoms with Crippen LogP contribution in [0.1, 0.15) is 18.4 Å². The van der Waals surface area contributed by atoms with Crippen LogP contribution in [-0.2, 0) is 11.2 Å². The quantitative estimate of drug-likeness (QED) is 0.523. The summed E-state index contributed by atoms with van der Waals surface area (Å²) in [5.74, 6) is 1.74. The van der Waals surface area contributed by atoms with Gasteiger partial charge in [-0.2, -0.15) is 0 Å². The van der Waals surface area contributed by atoms with Gasteiger partial charge in [0.2, 0.25) is 5.91 Å². The first kappa shape index (κ1) is 18.7. The molecule has 0 heterocycles. The van der Waals surface area contributed by atoms with Crippen LogP contribution in [0, 0.1) is 0 Å². The molecule has 2 aromatic carbocycles. The average Bonchev–Trinajstić information content (AvgIpc) is 2.61. The molecular weight excluding hydrogens is 342 g/mol. The second-order valence-corrected chi connectivity index (χ2v) is 6.96. The molecule has 5 heteroatoms. The molecule has 0 fully saturated rings. The monoisotopic (exact) mass is 363 g/mol. The van der Waals surface area contributed by atoms with Crippen LogP contribution >= 0.6 is 23.4 Å². The molecule has 1 amide bonds. The zero-order valence-electron chi connectivity index (χ0n) is 13.8. The second kappa shape index (κ2) is 10.3. The van der Waals surface area contributed by atoms with E-state index in [4.69, 9.17) is 16.3 Å². The molecule has 0 spiro atoms. The molecule has 2 rings (SSSR count). The molecule has 0 aliphatic heterocycles. The molecule has 0 aliphatic rings. The third kappa shape index (κ3) is 6.85. The number of thioether (sulfide) groups is 1. The number of methoxy groups -OCH3 is 1. The molecule has 0 saturated heterocycles. The molecule has 0 saturated carbocycles. The fourth-order valence-electron chi connectivity index (χ4n) is 2.19. The molecule has 2 aromatic rings. The van der Waals surface area contributed by atoms with E-state index in [0.717, 1.165) is 34.3 Å². The van der Waals surface area contributed by atoms with Gasteiger partial charge in [0.15, 0.2) is 0 Å². The highest BCUT2D eigenvalue weighted by Gasteiger charge is 2.02. The van der Waals surface area contributed by atoms with E-state index < -0.39 is 0 Å². The van der Waals surface area contributed by atoms with Crippen molar-refractivity contribution >= 4 is 29.3 Å². The van der Waals surface area contributed by atoms with E-state index in [1.165, 1.54) is 5.56 Å². The van der Waals surface area contributed by atoms with Gasteiger partial charge in [0.25, 0.3) is 0 Å². The number of carbonyl (C=O) groups excluding carboxylic acids is 1. The molecule has 24 heavy (non-hydrogen) atoms. The van der Waals surface area contributed by atoms with Crippen LogP contribution in [-0.4, -0.2) is 25.3 Å². The number of ether oxygens (including phenoxy) is 1. The van der Waals surface area contributed by atoms with Gasteiger partial charge in [0.05, 0.1) is 7.11 Å².